The van der Waals surface area contributed by atoms with Crippen LogP contribution in [0.5, 0.6) is 0 Å². The third-order valence-corrected chi connectivity index (χ3v) is 5.85. The first-order valence-corrected chi connectivity index (χ1v) is 12.8. The molecule has 0 aromatic heterocycles. The predicted octanol–water partition coefficient (Wildman–Crippen LogP) is 8.01. The fourth-order valence-corrected chi connectivity index (χ4v) is 4.34. The van der Waals surface area contributed by atoms with Gasteiger partial charge in [0.05, 0.1) is 24.1 Å². The summed E-state index contributed by atoms with van der Waals surface area (Å²) in [5.74, 6) is -1.76. The Morgan fingerprint density at radius 3 is 2.49 bits per heavy atom. The van der Waals surface area contributed by atoms with E-state index in [4.69, 9.17) is 21.1 Å². The third kappa shape index (κ3) is 9.15. The van der Waals surface area contributed by atoms with E-state index in [1.807, 2.05) is 6.08 Å². The summed E-state index contributed by atoms with van der Waals surface area (Å²) >= 11 is 6.31. The average molecular weight is 536 g/mol. The smallest absolute Gasteiger partial charge is 0.408 e. The highest BCUT2D eigenvalue weighted by molar-refractivity contribution is 6.31. The Morgan fingerprint density at radius 1 is 1.16 bits per heavy atom. The van der Waals surface area contributed by atoms with Gasteiger partial charge in [0, 0.05) is 5.56 Å². The number of ether oxygens (including phenoxy) is 2. The molecule has 0 spiro atoms. The van der Waals surface area contributed by atoms with Crippen LogP contribution >= 0.6 is 11.6 Å². The van der Waals surface area contributed by atoms with Crippen molar-refractivity contribution in [2.45, 2.75) is 78.4 Å². The number of amides is 1. The summed E-state index contributed by atoms with van der Waals surface area (Å²) in [6.45, 7) is 12.4. The molecule has 1 N–H and O–H groups in total. The van der Waals surface area contributed by atoms with E-state index in [9.17, 15) is 14.0 Å². The number of esters is 1. The minimum atomic E-state index is -1.11. The van der Waals surface area contributed by atoms with Crippen LogP contribution < -0.4 is 5.32 Å². The van der Waals surface area contributed by atoms with Gasteiger partial charge < -0.3 is 14.8 Å². The van der Waals surface area contributed by atoms with E-state index >= 15 is 4.39 Å². The van der Waals surface area contributed by atoms with E-state index in [-0.39, 0.29) is 29.4 Å². The number of rotatable bonds is 11. The molecule has 0 aliphatic carbocycles. The minimum Gasteiger partial charge on any atom is -0.466 e. The van der Waals surface area contributed by atoms with Gasteiger partial charge in [-0.3, -0.25) is 4.79 Å². The summed E-state index contributed by atoms with van der Waals surface area (Å²) < 4.78 is 40.1. The topological polar surface area (TPSA) is 64.6 Å². The van der Waals surface area contributed by atoms with Crippen LogP contribution in [0.25, 0.3) is 11.1 Å². The lowest BCUT2D eigenvalue weighted by atomic mass is 9.89. The van der Waals surface area contributed by atoms with Gasteiger partial charge in [0.2, 0.25) is 0 Å². The lowest BCUT2D eigenvalue weighted by Crippen LogP contribution is -2.36. The number of carbonyl (C=O) groups excluding carboxylic acids is 2. The van der Waals surface area contributed by atoms with Crippen molar-refractivity contribution in [1.29, 1.82) is 0 Å². The number of nitrogens with one attached hydrogen (secondary N) is 1. The van der Waals surface area contributed by atoms with Crippen LogP contribution in [-0.4, -0.2) is 24.3 Å². The summed E-state index contributed by atoms with van der Waals surface area (Å²) in [6.07, 6.45) is 3.86. The van der Waals surface area contributed by atoms with Crippen LogP contribution in [0.2, 0.25) is 5.02 Å². The van der Waals surface area contributed by atoms with Crippen molar-refractivity contribution in [2.24, 2.45) is 0 Å². The lowest BCUT2D eigenvalue weighted by molar-refractivity contribution is -0.143. The molecule has 0 saturated carbocycles. The zero-order chi connectivity index (χ0) is 27.8. The SMILES string of the molecule is C=CCCCCc1cc(F)cc(C)c1-c1cc(Cl)c(F)c([C@H](CC(=O)OCC)NC(=O)OC(C)(C)C)c1. The monoisotopic (exact) mass is 535 g/mol. The summed E-state index contributed by atoms with van der Waals surface area (Å²) in [6, 6.07) is 4.79. The zero-order valence-electron chi connectivity index (χ0n) is 22.2. The summed E-state index contributed by atoms with van der Waals surface area (Å²) in [5.41, 5.74) is 1.91. The van der Waals surface area contributed by atoms with Gasteiger partial charge in [0.1, 0.15) is 17.2 Å². The van der Waals surface area contributed by atoms with Crippen LogP contribution in [0.1, 0.15) is 76.1 Å². The quantitative estimate of drug-likeness (QED) is 0.180. The number of hydrogen-bond donors (Lipinski definition) is 1. The van der Waals surface area contributed by atoms with Crippen molar-refractivity contribution in [3.8, 4) is 11.1 Å². The second-order valence-corrected chi connectivity index (χ2v) is 10.3. The highest BCUT2D eigenvalue weighted by Gasteiger charge is 2.27. The fraction of sp³-hybridized carbons (Fsp3) is 0.448. The molecular weight excluding hydrogens is 500 g/mol. The van der Waals surface area contributed by atoms with Crippen LogP contribution in [0, 0.1) is 18.6 Å². The number of aryl methyl sites for hydroxylation is 2. The first kappa shape index (κ1) is 30.3. The Morgan fingerprint density at radius 2 is 1.86 bits per heavy atom. The van der Waals surface area contributed by atoms with E-state index in [0.717, 1.165) is 30.4 Å². The summed E-state index contributed by atoms with van der Waals surface area (Å²) in [7, 11) is 0. The van der Waals surface area contributed by atoms with Crippen LogP contribution in [0.15, 0.2) is 36.9 Å². The Kier molecular flexibility index (Phi) is 11.1. The zero-order valence-corrected chi connectivity index (χ0v) is 22.9. The van der Waals surface area contributed by atoms with Crippen molar-refractivity contribution in [1.82, 2.24) is 5.32 Å². The summed E-state index contributed by atoms with van der Waals surface area (Å²) in [5, 5.41) is 2.40. The maximum absolute atomic E-state index is 15.4. The second-order valence-electron chi connectivity index (χ2n) is 9.86. The number of allylic oxidation sites excluding steroid dienone is 1. The van der Waals surface area contributed by atoms with Gasteiger partial charge in [-0.15, -0.1) is 6.58 Å². The van der Waals surface area contributed by atoms with Gasteiger partial charge in [-0.25, -0.2) is 13.6 Å². The lowest BCUT2D eigenvalue weighted by Gasteiger charge is -2.25. The molecule has 37 heavy (non-hydrogen) atoms. The highest BCUT2D eigenvalue weighted by atomic mass is 35.5. The molecule has 0 unspecified atom stereocenters. The van der Waals surface area contributed by atoms with Gasteiger partial charge >= 0.3 is 12.1 Å². The molecule has 0 aliphatic rings. The first-order chi connectivity index (χ1) is 17.4. The van der Waals surface area contributed by atoms with Crippen LogP contribution in [-0.2, 0) is 20.7 Å². The van der Waals surface area contributed by atoms with E-state index in [1.54, 1.807) is 34.6 Å². The van der Waals surface area contributed by atoms with E-state index in [0.29, 0.717) is 17.5 Å². The first-order valence-electron chi connectivity index (χ1n) is 12.4. The number of halogens is 3. The molecule has 0 aliphatic heterocycles. The molecule has 2 aromatic rings. The molecule has 2 aromatic carbocycles. The Bertz CT molecular complexity index is 1130. The Labute approximate surface area is 223 Å². The molecule has 0 saturated heterocycles. The molecule has 0 fully saturated rings. The van der Waals surface area contributed by atoms with Gasteiger partial charge in [-0.1, -0.05) is 17.7 Å². The third-order valence-electron chi connectivity index (χ3n) is 5.57. The average Bonchev–Trinajstić information content (AvgIpc) is 2.77. The largest absolute Gasteiger partial charge is 0.466 e. The fourth-order valence-electron chi connectivity index (χ4n) is 4.11. The standard InChI is InChI=1S/C29H36ClF2NO4/c1-7-9-10-11-12-19-14-21(31)13-18(3)26(19)20-15-22(27(32)23(30)16-20)24(17-25(34)36-8-2)33-28(35)37-29(4,5)6/h7,13-16,24H,1,8-12,17H2,2-6H3,(H,33,35)/t24-/m0/s1. The number of carbonyl (C=O) groups is 2. The molecule has 1 atom stereocenters. The van der Waals surface area contributed by atoms with Crippen molar-refractivity contribution in [3.63, 3.8) is 0 Å². The van der Waals surface area contributed by atoms with Gasteiger partial charge in [0.25, 0.3) is 0 Å². The molecule has 0 radical (unpaired) electrons. The van der Waals surface area contributed by atoms with E-state index < -0.39 is 29.5 Å². The molecule has 0 heterocycles. The van der Waals surface area contributed by atoms with Crippen LogP contribution in [0.4, 0.5) is 13.6 Å². The van der Waals surface area contributed by atoms with Crippen molar-refractivity contribution < 1.29 is 27.8 Å². The minimum absolute atomic E-state index is 0.00254. The molecule has 5 nitrogen and oxygen atoms in total. The van der Waals surface area contributed by atoms with E-state index in [2.05, 4.69) is 11.9 Å². The van der Waals surface area contributed by atoms with Gasteiger partial charge in [-0.2, -0.15) is 0 Å². The molecule has 0 bridgehead atoms. The molecular formula is C29H36ClF2NO4. The van der Waals surface area contributed by atoms with E-state index in [1.165, 1.54) is 24.3 Å². The second kappa shape index (κ2) is 13.6. The molecule has 2 rings (SSSR count). The number of alkyl carbamates (subject to hydrolysis) is 1. The summed E-state index contributed by atoms with van der Waals surface area (Å²) in [4.78, 5) is 24.9. The Balaban J connectivity index is 2.58. The molecule has 1 amide bonds. The van der Waals surface area contributed by atoms with Crippen LogP contribution in [0.3, 0.4) is 0 Å². The van der Waals surface area contributed by atoms with Gasteiger partial charge in [-0.05, 0) is 107 Å². The van der Waals surface area contributed by atoms with Crippen molar-refractivity contribution >= 4 is 23.7 Å². The maximum atomic E-state index is 15.4. The maximum Gasteiger partial charge on any atom is 0.408 e. The number of unbranched alkanes of at least 4 members (excludes halogenated alkanes) is 2. The number of benzene rings is 2. The normalized spacial score (nSPS) is 12.1. The van der Waals surface area contributed by atoms with Gasteiger partial charge in [0.15, 0.2) is 0 Å². The number of hydrogen-bond acceptors (Lipinski definition) is 4. The molecule has 202 valence electrons. The highest BCUT2D eigenvalue weighted by Crippen LogP contribution is 2.36. The van der Waals surface area contributed by atoms with Crippen molar-refractivity contribution in [3.05, 3.63) is 70.3 Å². The predicted molar refractivity (Wildman–Crippen MR) is 143 cm³/mol. The Hall–Kier alpha value is -2.93. The van der Waals surface area contributed by atoms with Crippen molar-refractivity contribution in [2.75, 3.05) is 6.61 Å². The molecule has 8 heteroatoms.